The van der Waals surface area contributed by atoms with Crippen molar-refractivity contribution in [3.8, 4) is 0 Å². The first-order chi connectivity index (χ1) is 13.3. The monoisotopic (exact) mass is 389 g/mol. The lowest BCUT2D eigenvalue weighted by molar-refractivity contribution is 0.0145. The third kappa shape index (κ3) is 7.76. The summed E-state index contributed by atoms with van der Waals surface area (Å²) in [6, 6.07) is 8.20. The summed E-state index contributed by atoms with van der Waals surface area (Å²) >= 11 is 0. The molecule has 1 amide bonds. The molecule has 7 nitrogen and oxygen atoms in total. The zero-order chi connectivity index (χ0) is 20.6. The van der Waals surface area contributed by atoms with Gasteiger partial charge < -0.3 is 20.7 Å². The molecular formula is C21H35N5O2. The van der Waals surface area contributed by atoms with Gasteiger partial charge in [0.2, 0.25) is 0 Å². The van der Waals surface area contributed by atoms with Crippen molar-refractivity contribution in [1.29, 1.82) is 0 Å². The molecule has 1 heterocycles. The lowest BCUT2D eigenvalue weighted by atomic mass is 10.1. The van der Waals surface area contributed by atoms with Crippen LogP contribution in [0, 0.1) is 0 Å². The lowest BCUT2D eigenvalue weighted by Crippen LogP contribution is -2.50. The van der Waals surface area contributed by atoms with E-state index in [1.807, 2.05) is 32.9 Å². The van der Waals surface area contributed by atoms with Crippen molar-refractivity contribution < 1.29 is 9.53 Å². The molecule has 0 unspecified atom stereocenters. The second-order valence-electron chi connectivity index (χ2n) is 8.11. The van der Waals surface area contributed by atoms with Crippen molar-refractivity contribution in [2.75, 3.05) is 44.6 Å². The van der Waals surface area contributed by atoms with Crippen LogP contribution in [0.15, 0.2) is 29.3 Å². The molecule has 0 spiro atoms. The van der Waals surface area contributed by atoms with Crippen LogP contribution in [0.4, 0.5) is 10.5 Å². The van der Waals surface area contributed by atoms with Crippen molar-refractivity contribution in [3.05, 3.63) is 29.8 Å². The highest BCUT2D eigenvalue weighted by Crippen LogP contribution is 2.12. The largest absolute Gasteiger partial charge is 0.444 e. The standard InChI is InChI=1S/C21H35N5O2/c1-5-17-8-6-9-18(16-17)24-19(22)23-10-7-11-25-12-14-26(15-13-25)20(27)28-21(2,3)4/h6,8-9,16H,5,7,10-15H2,1-4H3,(H3,22,23,24). The molecule has 0 aromatic heterocycles. The van der Waals surface area contributed by atoms with E-state index in [1.54, 1.807) is 4.90 Å². The fourth-order valence-corrected chi connectivity index (χ4v) is 3.03. The summed E-state index contributed by atoms with van der Waals surface area (Å²) in [6.07, 6.45) is 1.71. The van der Waals surface area contributed by atoms with Crippen LogP contribution in [-0.4, -0.2) is 66.7 Å². The third-order valence-electron chi connectivity index (χ3n) is 4.55. The van der Waals surface area contributed by atoms with Crippen molar-refractivity contribution in [2.24, 2.45) is 10.7 Å². The highest BCUT2D eigenvalue weighted by atomic mass is 16.6. The number of nitrogens with two attached hydrogens (primary N) is 1. The minimum Gasteiger partial charge on any atom is -0.444 e. The van der Waals surface area contributed by atoms with Crippen LogP contribution >= 0.6 is 0 Å². The number of aliphatic imine (C=N–C) groups is 1. The summed E-state index contributed by atoms with van der Waals surface area (Å²) < 4.78 is 5.43. The van der Waals surface area contributed by atoms with E-state index >= 15 is 0 Å². The second-order valence-corrected chi connectivity index (χ2v) is 8.11. The predicted molar refractivity (Wildman–Crippen MR) is 115 cm³/mol. The molecular weight excluding hydrogens is 354 g/mol. The van der Waals surface area contributed by atoms with Gasteiger partial charge in [-0.3, -0.25) is 9.89 Å². The van der Waals surface area contributed by atoms with Gasteiger partial charge in [-0.2, -0.15) is 0 Å². The molecule has 2 rings (SSSR count). The van der Waals surface area contributed by atoms with Crippen LogP contribution in [0.2, 0.25) is 0 Å². The van der Waals surface area contributed by atoms with E-state index in [0.29, 0.717) is 25.6 Å². The normalized spacial score (nSPS) is 16.1. The molecule has 7 heteroatoms. The zero-order valence-corrected chi connectivity index (χ0v) is 17.7. The number of benzene rings is 1. The number of piperazine rings is 1. The van der Waals surface area contributed by atoms with Crippen LogP contribution in [-0.2, 0) is 11.2 Å². The van der Waals surface area contributed by atoms with Gasteiger partial charge in [-0.25, -0.2) is 4.79 Å². The van der Waals surface area contributed by atoms with Gasteiger partial charge in [-0.1, -0.05) is 19.1 Å². The first-order valence-corrected chi connectivity index (χ1v) is 10.1. The van der Waals surface area contributed by atoms with E-state index in [2.05, 4.69) is 34.3 Å². The van der Waals surface area contributed by atoms with Gasteiger partial charge in [-0.05, 0) is 51.3 Å². The maximum absolute atomic E-state index is 12.1. The number of amides is 1. The van der Waals surface area contributed by atoms with Crippen molar-refractivity contribution in [2.45, 2.75) is 46.1 Å². The third-order valence-corrected chi connectivity index (χ3v) is 4.55. The molecule has 1 aromatic rings. The highest BCUT2D eigenvalue weighted by Gasteiger charge is 2.25. The molecule has 0 saturated carbocycles. The van der Waals surface area contributed by atoms with E-state index in [4.69, 9.17) is 10.5 Å². The summed E-state index contributed by atoms with van der Waals surface area (Å²) in [6.45, 7) is 12.6. The van der Waals surface area contributed by atoms with Gasteiger partial charge in [0.05, 0.1) is 0 Å². The Labute approximate surface area is 168 Å². The van der Waals surface area contributed by atoms with E-state index in [1.165, 1.54) is 5.56 Å². The van der Waals surface area contributed by atoms with E-state index < -0.39 is 5.60 Å². The number of guanidine groups is 1. The Morgan fingerprint density at radius 3 is 2.61 bits per heavy atom. The van der Waals surface area contributed by atoms with Gasteiger partial charge >= 0.3 is 6.09 Å². The number of nitrogens with one attached hydrogen (secondary N) is 1. The van der Waals surface area contributed by atoms with Crippen LogP contribution < -0.4 is 11.1 Å². The number of carbonyl (C=O) groups is 1. The van der Waals surface area contributed by atoms with Gasteiger partial charge in [-0.15, -0.1) is 0 Å². The number of aryl methyl sites for hydroxylation is 1. The topological polar surface area (TPSA) is 83.2 Å². The van der Waals surface area contributed by atoms with Crippen LogP contribution in [0.5, 0.6) is 0 Å². The Morgan fingerprint density at radius 1 is 1.25 bits per heavy atom. The summed E-state index contributed by atoms with van der Waals surface area (Å²) in [5, 5.41) is 3.15. The Hall–Kier alpha value is -2.28. The number of anilines is 1. The zero-order valence-electron chi connectivity index (χ0n) is 17.7. The number of ether oxygens (including phenoxy) is 1. The predicted octanol–water partition coefficient (Wildman–Crippen LogP) is 2.92. The molecule has 3 N–H and O–H groups in total. The van der Waals surface area contributed by atoms with Crippen LogP contribution in [0.1, 0.15) is 39.7 Å². The van der Waals surface area contributed by atoms with E-state index in [-0.39, 0.29) is 6.09 Å². The quantitative estimate of drug-likeness (QED) is 0.444. The summed E-state index contributed by atoms with van der Waals surface area (Å²) in [4.78, 5) is 20.6. The molecule has 0 aliphatic carbocycles. The minimum absolute atomic E-state index is 0.220. The maximum atomic E-state index is 12.1. The Balaban J connectivity index is 1.66. The molecule has 1 saturated heterocycles. The Morgan fingerprint density at radius 2 is 1.96 bits per heavy atom. The Bertz CT molecular complexity index is 661. The molecule has 1 aliphatic rings. The average molecular weight is 390 g/mol. The average Bonchev–Trinajstić information content (AvgIpc) is 2.64. The SMILES string of the molecule is CCc1cccc(NC(N)=NCCCN2CCN(C(=O)OC(C)(C)C)CC2)c1. The van der Waals surface area contributed by atoms with Gasteiger partial charge in [0, 0.05) is 45.0 Å². The molecule has 0 atom stereocenters. The van der Waals surface area contributed by atoms with Gasteiger partial charge in [0.15, 0.2) is 5.96 Å². The van der Waals surface area contributed by atoms with Crippen molar-refractivity contribution in [3.63, 3.8) is 0 Å². The number of carbonyl (C=O) groups excluding carboxylic acids is 1. The first kappa shape index (κ1) is 22.0. The summed E-state index contributed by atoms with van der Waals surface area (Å²) in [7, 11) is 0. The second kappa shape index (κ2) is 10.3. The number of hydrogen-bond acceptors (Lipinski definition) is 4. The number of rotatable bonds is 6. The smallest absolute Gasteiger partial charge is 0.410 e. The van der Waals surface area contributed by atoms with Gasteiger partial charge in [0.1, 0.15) is 5.60 Å². The number of hydrogen-bond donors (Lipinski definition) is 2. The summed E-state index contributed by atoms with van der Waals surface area (Å²) in [5.74, 6) is 0.447. The number of nitrogens with zero attached hydrogens (tertiary/aromatic N) is 3. The fraction of sp³-hybridized carbons (Fsp3) is 0.619. The molecule has 1 aliphatic heterocycles. The molecule has 0 bridgehead atoms. The van der Waals surface area contributed by atoms with Crippen LogP contribution in [0.25, 0.3) is 0 Å². The Kier molecular flexibility index (Phi) is 8.11. The fourth-order valence-electron chi connectivity index (χ4n) is 3.03. The first-order valence-electron chi connectivity index (χ1n) is 10.1. The summed E-state index contributed by atoms with van der Waals surface area (Å²) in [5.41, 5.74) is 7.78. The highest BCUT2D eigenvalue weighted by molar-refractivity contribution is 5.92. The molecule has 0 radical (unpaired) electrons. The minimum atomic E-state index is -0.446. The van der Waals surface area contributed by atoms with Gasteiger partial charge in [0.25, 0.3) is 0 Å². The van der Waals surface area contributed by atoms with Crippen molar-refractivity contribution >= 4 is 17.7 Å². The lowest BCUT2D eigenvalue weighted by Gasteiger charge is -2.35. The van der Waals surface area contributed by atoms with E-state index in [9.17, 15) is 4.79 Å². The molecule has 1 fully saturated rings. The van der Waals surface area contributed by atoms with Crippen LogP contribution in [0.3, 0.4) is 0 Å². The molecule has 28 heavy (non-hydrogen) atoms. The van der Waals surface area contributed by atoms with E-state index in [0.717, 1.165) is 38.2 Å². The van der Waals surface area contributed by atoms with Crippen molar-refractivity contribution in [1.82, 2.24) is 9.80 Å². The molecule has 1 aromatic carbocycles. The molecule has 156 valence electrons. The maximum Gasteiger partial charge on any atom is 0.410 e.